The molecule has 1 unspecified atom stereocenters. The highest BCUT2D eigenvalue weighted by Gasteiger charge is 2.31. The standard InChI is InChI=1S/C26H27N3O6/c1-3-15(2)23(24(30)27-13-16-12-22(25(31)32)29-35-16)28-26(33)34-14-21-19-10-6-4-8-17(19)18-9-5-7-11-20(18)21/h4-12,15,21,23H,3,13-14H2,1-2H3,(H,27,30)(H,28,33)(H,31,32)/t15?,23-/m0/s1. The first-order valence-corrected chi connectivity index (χ1v) is 11.5. The van der Waals surface area contributed by atoms with Crippen LogP contribution in [0.4, 0.5) is 4.79 Å². The molecule has 1 aromatic heterocycles. The Morgan fingerprint density at radius 3 is 2.29 bits per heavy atom. The van der Waals surface area contributed by atoms with E-state index in [1.54, 1.807) is 0 Å². The molecule has 1 aliphatic rings. The van der Waals surface area contributed by atoms with E-state index in [-0.39, 0.29) is 36.4 Å². The van der Waals surface area contributed by atoms with Crippen molar-refractivity contribution in [1.82, 2.24) is 15.8 Å². The van der Waals surface area contributed by atoms with Crippen LogP contribution in [0.15, 0.2) is 59.1 Å². The summed E-state index contributed by atoms with van der Waals surface area (Å²) in [5, 5.41) is 17.7. The lowest BCUT2D eigenvalue weighted by atomic mass is 9.98. The minimum absolute atomic E-state index is 0.0571. The van der Waals surface area contributed by atoms with E-state index in [0.29, 0.717) is 6.42 Å². The maximum Gasteiger partial charge on any atom is 0.407 e. The number of carboxylic acids is 1. The number of nitrogens with zero attached hydrogens (tertiary/aromatic N) is 1. The maximum absolute atomic E-state index is 12.8. The van der Waals surface area contributed by atoms with E-state index in [1.165, 1.54) is 6.07 Å². The van der Waals surface area contributed by atoms with Crippen LogP contribution in [0.3, 0.4) is 0 Å². The Kier molecular flexibility index (Phi) is 7.14. The molecule has 1 heterocycles. The smallest absolute Gasteiger partial charge is 0.407 e. The number of ether oxygens (including phenoxy) is 1. The van der Waals surface area contributed by atoms with Crippen LogP contribution in [0.25, 0.3) is 11.1 Å². The number of carbonyl (C=O) groups is 3. The second-order valence-corrected chi connectivity index (χ2v) is 8.53. The average molecular weight is 478 g/mol. The summed E-state index contributed by atoms with van der Waals surface area (Å²) in [6.45, 7) is 3.86. The van der Waals surface area contributed by atoms with Gasteiger partial charge in [0.25, 0.3) is 0 Å². The monoisotopic (exact) mass is 477 g/mol. The number of nitrogens with one attached hydrogen (secondary N) is 2. The van der Waals surface area contributed by atoms with Crippen LogP contribution in [0.1, 0.15) is 53.6 Å². The van der Waals surface area contributed by atoms with Crippen LogP contribution in [0.2, 0.25) is 0 Å². The Bertz CT molecular complexity index is 1190. The van der Waals surface area contributed by atoms with Crippen LogP contribution in [-0.4, -0.2) is 40.9 Å². The molecule has 0 radical (unpaired) electrons. The number of aromatic nitrogens is 1. The van der Waals surface area contributed by atoms with Gasteiger partial charge in [-0.2, -0.15) is 0 Å². The third kappa shape index (κ3) is 5.18. The molecule has 3 N–H and O–H groups in total. The molecule has 2 amide bonds. The molecule has 9 nitrogen and oxygen atoms in total. The van der Waals surface area contributed by atoms with Gasteiger partial charge in [0.2, 0.25) is 5.91 Å². The van der Waals surface area contributed by atoms with Gasteiger partial charge in [0.1, 0.15) is 12.6 Å². The minimum Gasteiger partial charge on any atom is -0.476 e. The van der Waals surface area contributed by atoms with Crippen molar-refractivity contribution < 1.29 is 28.8 Å². The van der Waals surface area contributed by atoms with Gasteiger partial charge >= 0.3 is 12.1 Å². The highest BCUT2D eigenvalue weighted by Crippen LogP contribution is 2.44. The Morgan fingerprint density at radius 2 is 1.71 bits per heavy atom. The lowest BCUT2D eigenvalue weighted by Gasteiger charge is -2.23. The van der Waals surface area contributed by atoms with Gasteiger partial charge in [0, 0.05) is 12.0 Å². The van der Waals surface area contributed by atoms with Gasteiger partial charge in [-0.1, -0.05) is 74.0 Å². The number of aromatic carboxylic acids is 1. The first-order chi connectivity index (χ1) is 16.9. The average Bonchev–Trinajstić information content (AvgIpc) is 3.47. The zero-order chi connectivity index (χ0) is 24.9. The van der Waals surface area contributed by atoms with Crippen molar-refractivity contribution in [2.24, 2.45) is 5.92 Å². The van der Waals surface area contributed by atoms with E-state index < -0.39 is 24.0 Å². The van der Waals surface area contributed by atoms with Gasteiger partial charge in [0.05, 0.1) is 6.54 Å². The van der Waals surface area contributed by atoms with Gasteiger partial charge in [-0.15, -0.1) is 0 Å². The molecule has 0 saturated carbocycles. The number of hydrogen-bond acceptors (Lipinski definition) is 6. The first-order valence-electron chi connectivity index (χ1n) is 11.5. The summed E-state index contributed by atoms with van der Waals surface area (Å²) in [5.41, 5.74) is 4.22. The minimum atomic E-state index is -1.22. The van der Waals surface area contributed by atoms with Crippen LogP contribution in [0.5, 0.6) is 0 Å². The Morgan fingerprint density at radius 1 is 1.09 bits per heavy atom. The second kappa shape index (κ2) is 10.4. The lowest BCUT2D eigenvalue weighted by Crippen LogP contribution is -2.50. The molecule has 182 valence electrons. The molecule has 9 heteroatoms. The summed E-state index contributed by atoms with van der Waals surface area (Å²) >= 11 is 0. The fourth-order valence-electron chi connectivity index (χ4n) is 4.25. The predicted octanol–water partition coefficient (Wildman–Crippen LogP) is 3.94. The largest absolute Gasteiger partial charge is 0.476 e. The van der Waals surface area contributed by atoms with Gasteiger partial charge < -0.3 is 25.0 Å². The van der Waals surface area contributed by atoms with Gasteiger partial charge in [-0.25, -0.2) is 9.59 Å². The molecule has 0 spiro atoms. The van der Waals surface area contributed by atoms with Crippen molar-refractivity contribution in [3.05, 3.63) is 77.2 Å². The summed E-state index contributed by atoms with van der Waals surface area (Å²) in [7, 11) is 0. The van der Waals surface area contributed by atoms with Crippen LogP contribution < -0.4 is 10.6 Å². The quantitative estimate of drug-likeness (QED) is 0.425. The predicted molar refractivity (Wildman–Crippen MR) is 127 cm³/mol. The molecule has 2 atom stereocenters. The molecule has 0 fully saturated rings. The van der Waals surface area contributed by atoms with Crippen molar-refractivity contribution in [2.45, 2.75) is 38.8 Å². The summed E-state index contributed by atoms with van der Waals surface area (Å²) < 4.78 is 10.5. The maximum atomic E-state index is 12.8. The summed E-state index contributed by atoms with van der Waals surface area (Å²) in [4.78, 5) is 36.5. The molecule has 2 aromatic carbocycles. The number of hydrogen-bond donors (Lipinski definition) is 3. The third-order valence-corrected chi connectivity index (χ3v) is 6.33. The highest BCUT2D eigenvalue weighted by atomic mass is 16.5. The van der Waals surface area contributed by atoms with Crippen molar-refractivity contribution >= 4 is 18.0 Å². The zero-order valence-electron chi connectivity index (χ0n) is 19.5. The Hall–Kier alpha value is -4.14. The van der Waals surface area contributed by atoms with Crippen molar-refractivity contribution in [1.29, 1.82) is 0 Å². The topological polar surface area (TPSA) is 131 Å². The van der Waals surface area contributed by atoms with E-state index in [4.69, 9.17) is 14.4 Å². The SMILES string of the molecule is CCC(C)[C@H](NC(=O)OCC1c2ccccc2-c2ccccc21)C(=O)NCc1cc(C(=O)O)no1. The zero-order valence-corrected chi connectivity index (χ0v) is 19.5. The Balaban J connectivity index is 1.38. The fraction of sp³-hybridized carbons (Fsp3) is 0.308. The van der Waals surface area contributed by atoms with Crippen LogP contribution in [0, 0.1) is 5.92 Å². The van der Waals surface area contributed by atoms with E-state index in [1.807, 2.05) is 50.2 Å². The summed E-state index contributed by atoms with van der Waals surface area (Å²) in [6.07, 6.45) is -0.0344. The number of carbonyl (C=O) groups excluding carboxylic acids is 2. The normalized spacial score (nSPS) is 13.9. The number of alkyl carbamates (subject to hydrolysis) is 1. The molecule has 35 heavy (non-hydrogen) atoms. The molecule has 0 bridgehead atoms. The van der Waals surface area contributed by atoms with Gasteiger partial charge in [-0.3, -0.25) is 4.79 Å². The van der Waals surface area contributed by atoms with Crippen molar-refractivity contribution in [3.8, 4) is 11.1 Å². The number of rotatable bonds is 9. The van der Waals surface area contributed by atoms with Gasteiger partial charge in [0.15, 0.2) is 11.5 Å². The van der Waals surface area contributed by atoms with Crippen LogP contribution in [-0.2, 0) is 16.1 Å². The number of amides is 2. The number of carboxylic acid groups (broad SMARTS) is 1. The van der Waals surface area contributed by atoms with E-state index in [9.17, 15) is 14.4 Å². The third-order valence-electron chi connectivity index (χ3n) is 6.33. The molecule has 0 saturated heterocycles. The van der Waals surface area contributed by atoms with E-state index in [2.05, 4.69) is 27.9 Å². The number of fused-ring (bicyclic) bond motifs is 3. The van der Waals surface area contributed by atoms with E-state index in [0.717, 1.165) is 22.3 Å². The van der Waals surface area contributed by atoms with Crippen molar-refractivity contribution in [2.75, 3.05) is 6.61 Å². The Labute approximate surface area is 202 Å². The summed E-state index contributed by atoms with van der Waals surface area (Å²) in [6, 6.07) is 16.5. The second-order valence-electron chi connectivity index (χ2n) is 8.53. The number of benzene rings is 2. The molecule has 0 aliphatic heterocycles. The van der Waals surface area contributed by atoms with E-state index >= 15 is 0 Å². The molecule has 3 aromatic rings. The van der Waals surface area contributed by atoms with Gasteiger partial charge in [-0.05, 0) is 28.2 Å². The molecule has 4 rings (SSSR count). The van der Waals surface area contributed by atoms with Crippen molar-refractivity contribution in [3.63, 3.8) is 0 Å². The lowest BCUT2D eigenvalue weighted by molar-refractivity contribution is -0.124. The molecule has 1 aliphatic carbocycles. The molecular weight excluding hydrogens is 450 g/mol. The molecular formula is C26H27N3O6. The highest BCUT2D eigenvalue weighted by molar-refractivity contribution is 5.86. The van der Waals surface area contributed by atoms with Crippen LogP contribution >= 0.6 is 0 Å². The summed E-state index contributed by atoms with van der Waals surface area (Å²) in [5.74, 6) is -1.71. The fourth-order valence-corrected chi connectivity index (χ4v) is 4.25. The first kappa shape index (κ1) is 24.0.